The first kappa shape index (κ1) is 33.9. The highest BCUT2D eigenvalue weighted by molar-refractivity contribution is 6.69. The lowest BCUT2D eigenvalue weighted by molar-refractivity contribution is 0.0416. The second kappa shape index (κ2) is 19.1. The van der Waals surface area contributed by atoms with Gasteiger partial charge in [0.15, 0.2) is 0 Å². The third kappa shape index (κ3) is 11.8. The zero-order chi connectivity index (χ0) is 26.0. The zero-order valence-corrected chi connectivity index (χ0v) is 24.7. The lowest BCUT2D eigenvalue weighted by atomic mass is 9.89. The lowest BCUT2D eigenvalue weighted by Crippen LogP contribution is -2.55. The minimum Gasteiger partial charge on any atom is -0.394 e. The van der Waals surface area contributed by atoms with Crippen LogP contribution in [0, 0.1) is 0 Å². The van der Waals surface area contributed by atoms with Gasteiger partial charge in [0, 0.05) is 31.3 Å². The van der Waals surface area contributed by atoms with Crippen LogP contribution >= 0.6 is 0 Å². The van der Waals surface area contributed by atoms with Gasteiger partial charge in [0.2, 0.25) is 0 Å². The Kier molecular flexibility index (Phi) is 19.1. The largest absolute Gasteiger partial charge is 0.394 e. The first-order valence-electron chi connectivity index (χ1n) is 14.0. The van der Waals surface area contributed by atoms with Crippen LogP contribution in [-0.2, 0) is 8.85 Å². The molecule has 0 rings (SSSR count). The maximum atomic E-state index is 11.3. The minimum absolute atomic E-state index is 0.471. The van der Waals surface area contributed by atoms with E-state index < -0.39 is 25.8 Å². The van der Waals surface area contributed by atoms with E-state index >= 15 is 0 Å². The van der Waals surface area contributed by atoms with E-state index in [4.69, 9.17) is 14.6 Å². The van der Waals surface area contributed by atoms with E-state index in [9.17, 15) is 10.2 Å². The molecule has 0 amide bonds. The van der Waals surface area contributed by atoms with Gasteiger partial charge in [0.25, 0.3) is 0 Å². The highest BCUT2D eigenvalue weighted by Crippen LogP contribution is 2.51. The second-order valence-electron chi connectivity index (χ2n) is 9.95. The van der Waals surface area contributed by atoms with Crippen molar-refractivity contribution in [1.29, 1.82) is 0 Å². The van der Waals surface area contributed by atoms with Crippen LogP contribution in [0.5, 0.6) is 0 Å². The molecule has 0 aliphatic carbocycles. The molecule has 0 fully saturated rings. The molecule has 0 aliphatic heterocycles. The van der Waals surface area contributed by atoms with E-state index in [1.807, 2.05) is 13.8 Å². The molecule has 0 aromatic heterocycles. The molecule has 0 heterocycles. The fourth-order valence-corrected chi connectivity index (χ4v) is 9.15. The van der Waals surface area contributed by atoms with Crippen molar-refractivity contribution in [2.24, 2.45) is 5.73 Å². The highest BCUT2D eigenvalue weighted by atomic mass is 28.4. The predicted molar refractivity (Wildman–Crippen MR) is 147 cm³/mol. The van der Waals surface area contributed by atoms with Gasteiger partial charge in [-0.1, -0.05) is 27.7 Å². The smallest absolute Gasteiger partial charge is 0.341 e. The number of hydrogen-bond acceptors (Lipinski definition) is 7. The Labute approximate surface area is 212 Å². The third-order valence-corrected chi connectivity index (χ3v) is 11.0. The van der Waals surface area contributed by atoms with Crippen LogP contribution in [0.25, 0.3) is 0 Å². The van der Waals surface area contributed by atoms with Crippen molar-refractivity contribution in [3.63, 3.8) is 0 Å². The molecule has 4 N–H and O–H groups in total. The van der Waals surface area contributed by atoms with Crippen molar-refractivity contribution < 1.29 is 19.1 Å². The molecule has 0 saturated heterocycles. The van der Waals surface area contributed by atoms with Crippen molar-refractivity contribution in [2.45, 2.75) is 110 Å². The normalized spacial score (nSPS) is 16.2. The second-order valence-corrected chi connectivity index (χ2v) is 13.5. The van der Waals surface area contributed by atoms with Crippen molar-refractivity contribution in [1.82, 2.24) is 9.80 Å². The molecule has 7 nitrogen and oxygen atoms in total. The van der Waals surface area contributed by atoms with E-state index in [0.717, 1.165) is 51.9 Å². The van der Waals surface area contributed by atoms with Gasteiger partial charge in [-0.3, -0.25) is 0 Å². The fourth-order valence-electron chi connectivity index (χ4n) is 5.54. The van der Waals surface area contributed by atoms with Crippen molar-refractivity contribution in [3.05, 3.63) is 0 Å². The number of hydrogen-bond donors (Lipinski definition) is 3. The third-order valence-electron chi connectivity index (χ3n) is 6.78. The lowest BCUT2D eigenvalue weighted by Gasteiger charge is -2.48. The van der Waals surface area contributed by atoms with E-state index in [2.05, 4.69) is 44.0 Å². The van der Waals surface area contributed by atoms with Crippen LogP contribution in [0.4, 0.5) is 0 Å². The quantitative estimate of drug-likeness (QED) is 0.181. The molecule has 0 aliphatic rings. The number of aliphatic hydroxyl groups is 2. The van der Waals surface area contributed by atoms with E-state index in [-0.39, 0.29) is 0 Å². The maximum absolute atomic E-state index is 11.3. The van der Waals surface area contributed by atoms with Gasteiger partial charge in [-0.2, -0.15) is 0 Å². The maximum Gasteiger partial charge on any atom is 0.341 e. The van der Waals surface area contributed by atoms with Crippen LogP contribution < -0.4 is 5.73 Å². The van der Waals surface area contributed by atoms with Crippen LogP contribution in [-0.4, -0.2) is 99.8 Å². The average molecular weight is 506 g/mol. The van der Waals surface area contributed by atoms with Gasteiger partial charge in [0.05, 0.1) is 12.2 Å². The number of aliphatic hydroxyl groups excluding tert-OH is 2. The Balaban J connectivity index is 6.01. The molecule has 8 heteroatoms. The Bertz CT molecular complexity index is 443. The summed E-state index contributed by atoms with van der Waals surface area (Å²) >= 11 is 0. The summed E-state index contributed by atoms with van der Waals surface area (Å²) in [4.78, 5) is 4.69. The van der Waals surface area contributed by atoms with E-state index in [1.165, 1.54) is 0 Å². The van der Waals surface area contributed by atoms with Crippen molar-refractivity contribution in [2.75, 3.05) is 59.0 Å². The van der Waals surface area contributed by atoms with Crippen LogP contribution in [0.1, 0.15) is 86.5 Å². The molecule has 34 heavy (non-hydrogen) atoms. The average Bonchev–Trinajstić information content (AvgIpc) is 2.74. The summed E-state index contributed by atoms with van der Waals surface area (Å²) in [5.74, 6) is 0. The molecule has 206 valence electrons. The summed E-state index contributed by atoms with van der Waals surface area (Å²) < 4.78 is 12.8. The Hall–Kier alpha value is -0.0631. The number of nitrogens with two attached hydrogens (primary N) is 1. The zero-order valence-electron chi connectivity index (χ0n) is 23.7. The summed E-state index contributed by atoms with van der Waals surface area (Å²) in [5, 5.41) is 22.2. The molecule has 2 atom stereocenters. The summed E-state index contributed by atoms with van der Waals surface area (Å²) in [6.45, 7) is 21.6. The summed E-state index contributed by atoms with van der Waals surface area (Å²) in [7, 11) is -2.79. The van der Waals surface area contributed by atoms with Gasteiger partial charge in [-0.25, -0.2) is 0 Å². The molecule has 0 saturated carbocycles. The van der Waals surface area contributed by atoms with Gasteiger partial charge in [-0.15, -0.1) is 0 Å². The predicted octanol–water partition coefficient (Wildman–Crippen LogP) is 3.97. The topological polar surface area (TPSA) is 91.4 Å². The molecule has 0 aromatic carbocycles. The minimum atomic E-state index is -2.79. The van der Waals surface area contributed by atoms with Crippen LogP contribution in [0.2, 0.25) is 11.6 Å². The van der Waals surface area contributed by atoms with Crippen LogP contribution in [0.15, 0.2) is 0 Å². The first-order chi connectivity index (χ1) is 16.2. The Morgan fingerprint density at radius 2 is 1.09 bits per heavy atom. The van der Waals surface area contributed by atoms with Crippen molar-refractivity contribution >= 4 is 8.56 Å². The van der Waals surface area contributed by atoms with E-state index in [1.54, 1.807) is 0 Å². The van der Waals surface area contributed by atoms with Gasteiger partial charge >= 0.3 is 8.56 Å². The SMILES string of the molecule is CCCN(CCC)CC(O)CC(CCN)(CC(O)CN(CCC)CCC)[Si](C)(OCC)OCC. The Morgan fingerprint density at radius 3 is 1.35 bits per heavy atom. The first-order valence-corrected chi connectivity index (χ1v) is 16.3. The fraction of sp³-hybridized carbons (Fsp3) is 1.00. The highest BCUT2D eigenvalue weighted by Gasteiger charge is 2.55. The van der Waals surface area contributed by atoms with Gasteiger partial charge in [-0.05, 0) is 98.1 Å². The summed E-state index contributed by atoms with van der Waals surface area (Å²) in [6.07, 6.45) is 4.96. The van der Waals surface area contributed by atoms with Gasteiger partial charge < -0.3 is 34.6 Å². The summed E-state index contributed by atoms with van der Waals surface area (Å²) in [6, 6.07) is 0. The number of nitrogens with zero attached hydrogens (tertiary/aromatic N) is 2. The Morgan fingerprint density at radius 1 is 0.735 bits per heavy atom. The van der Waals surface area contributed by atoms with Gasteiger partial charge in [0.1, 0.15) is 0 Å². The van der Waals surface area contributed by atoms with Crippen molar-refractivity contribution in [3.8, 4) is 0 Å². The van der Waals surface area contributed by atoms with E-state index in [0.29, 0.717) is 52.1 Å². The molecule has 0 aromatic rings. The monoisotopic (exact) mass is 505 g/mol. The standard InChI is InChI=1S/C26H59N3O4Si/c1-8-16-28(17-9-2)22-24(30)20-26(14-15-27,34(7,32-12-5)33-13-6)21-25(31)23-29(18-10-3)19-11-4/h24-25,30-31H,8-23,27H2,1-7H3. The molecular formula is C26H59N3O4Si. The molecule has 2 unspecified atom stereocenters. The molecular weight excluding hydrogens is 446 g/mol. The number of rotatable bonds is 23. The summed E-state index contributed by atoms with van der Waals surface area (Å²) in [5.41, 5.74) is 6.18. The molecule has 0 radical (unpaired) electrons. The molecule has 0 bridgehead atoms. The molecule has 0 spiro atoms. The van der Waals surface area contributed by atoms with Crippen LogP contribution in [0.3, 0.4) is 0 Å².